The number of amides is 1. The number of nitrogens with zero attached hydrogens (tertiary/aromatic N) is 3. The van der Waals surface area contributed by atoms with Crippen molar-refractivity contribution in [3.05, 3.63) is 84.2 Å². The highest BCUT2D eigenvalue weighted by Crippen LogP contribution is 2.29. The number of carbonyl (C=O) groups is 1. The number of nitriles is 1. The fourth-order valence-corrected chi connectivity index (χ4v) is 3.56. The molecule has 0 saturated carbocycles. The first-order chi connectivity index (χ1) is 13.2. The summed E-state index contributed by atoms with van der Waals surface area (Å²) in [5.74, 6) is 0.175. The predicted molar refractivity (Wildman–Crippen MR) is 105 cm³/mol. The fourth-order valence-electron chi connectivity index (χ4n) is 3.56. The maximum atomic E-state index is 12.9. The zero-order valence-electron chi connectivity index (χ0n) is 14.9. The topological polar surface area (TPSA) is 57.0 Å². The molecule has 2 aromatic carbocycles. The summed E-state index contributed by atoms with van der Waals surface area (Å²) in [6, 6.07) is 21.7. The zero-order valence-corrected chi connectivity index (χ0v) is 14.9. The molecule has 0 radical (unpaired) electrons. The van der Waals surface area contributed by atoms with Crippen molar-refractivity contribution in [3.63, 3.8) is 0 Å². The van der Waals surface area contributed by atoms with Gasteiger partial charge in [-0.1, -0.05) is 24.3 Å². The van der Waals surface area contributed by atoms with E-state index in [9.17, 15) is 4.79 Å². The number of hydrogen-bond acceptors (Lipinski definition) is 3. The van der Waals surface area contributed by atoms with Gasteiger partial charge >= 0.3 is 0 Å². The molecule has 2 heterocycles. The van der Waals surface area contributed by atoms with Crippen LogP contribution in [0.2, 0.25) is 0 Å². The minimum atomic E-state index is -0.00203. The Hall–Kier alpha value is -3.45. The molecule has 1 amide bonds. The highest BCUT2D eigenvalue weighted by molar-refractivity contribution is 5.97. The third-order valence-corrected chi connectivity index (χ3v) is 5.07. The quantitative estimate of drug-likeness (QED) is 0.706. The van der Waals surface area contributed by atoms with Crippen LogP contribution in [0.5, 0.6) is 0 Å². The molecule has 27 heavy (non-hydrogen) atoms. The number of pyridine rings is 1. The van der Waals surface area contributed by atoms with Gasteiger partial charge in [-0.3, -0.25) is 9.78 Å². The van der Waals surface area contributed by atoms with Gasteiger partial charge in [0.1, 0.15) is 0 Å². The number of aromatic nitrogens is 1. The van der Waals surface area contributed by atoms with E-state index in [1.165, 1.54) is 0 Å². The molecule has 0 N–H and O–H groups in total. The summed E-state index contributed by atoms with van der Waals surface area (Å²) in [5, 5.41) is 8.89. The van der Waals surface area contributed by atoms with Crippen LogP contribution in [-0.2, 0) is 11.2 Å². The van der Waals surface area contributed by atoms with Gasteiger partial charge in [-0.05, 0) is 65.9 Å². The molecule has 3 aromatic rings. The minimum absolute atomic E-state index is 0.00203. The van der Waals surface area contributed by atoms with Gasteiger partial charge in [0, 0.05) is 30.5 Å². The molecule has 4 rings (SSSR count). The molecule has 0 bridgehead atoms. The highest BCUT2D eigenvalue weighted by Gasteiger charge is 2.32. The average molecular weight is 353 g/mol. The average Bonchev–Trinajstić information content (AvgIpc) is 3.09. The predicted octanol–water partition coefficient (Wildman–Crippen LogP) is 4.22. The fraction of sp³-hybridized carbons (Fsp3) is 0.174. The Balaban J connectivity index is 1.46. The van der Waals surface area contributed by atoms with Crippen LogP contribution in [-0.4, -0.2) is 17.4 Å². The van der Waals surface area contributed by atoms with Crippen LogP contribution in [0.4, 0.5) is 5.69 Å². The van der Waals surface area contributed by atoms with Crippen LogP contribution in [0.3, 0.4) is 0 Å². The van der Waals surface area contributed by atoms with Crippen molar-refractivity contribution < 1.29 is 4.79 Å². The SMILES string of the molecule is N#Cc1ccc(CC2CCN(c3ccc(-c4ccncc4)cc3)C2=O)cc1. The van der Waals surface area contributed by atoms with Crippen molar-refractivity contribution in [2.45, 2.75) is 12.8 Å². The van der Waals surface area contributed by atoms with E-state index in [1.54, 1.807) is 12.4 Å². The van der Waals surface area contributed by atoms with Gasteiger partial charge in [-0.2, -0.15) is 5.26 Å². The molecular weight excluding hydrogens is 334 g/mol. The van der Waals surface area contributed by atoms with Crippen LogP contribution in [0.15, 0.2) is 73.1 Å². The van der Waals surface area contributed by atoms with Gasteiger partial charge in [0.2, 0.25) is 5.91 Å². The van der Waals surface area contributed by atoms with E-state index in [2.05, 4.69) is 11.1 Å². The largest absolute Gasteiger partial charge is 0.312 e. The monoisotopic (exact) mass is 353 g/mol. The first-order valence-corrected chi connectivity index (χ1v) is 9.05. The standard InChI is InChI=1S/C23H19N3O/c24-16-18-3-1-17(2-4-18)15-21-11-14-26(23(21)27)22-7-5-19(6-8-22)20-9-12-25-13-10-20/h1-10,12-13,21H,11,14-15H2. The first-order valence-electron chi connectivity index (χ1n) is 9.05. The van der Waals surface area contributed by atoms with E-state index in [1.807, 2.05) is 65.6 Å². The smallest absolute Gasteiger partial charge is 0.230 e. The van der Waals surface area contributed by atoms with E-state index in [-0.39, 0.29) is 11.8 Å². The lowest BCUT2D eigenvalue weighted by Gasteiger charge is -2.17. The molecular formula is C23H19N3O. The molecule has 132 valence electrons. The summed E-state index contributed by atoms with van der Waals surface area (Å²) >= 11 is 0. The lowest BCUT2D eigenvalue weighted by molar-refractivity contribution is -0.120. The van der Waals surface area contributed by atoms with Crippen molar-refractivity contribution in [2.24, 2.45) is 5.92 Å². The molecule has 1 fully saturated rings. The maximum absolute atomic E-state index is 12.9. The molecule has 1 aromatic heterocycles. The Kier molecular flexibility index (Phi) is 4.67. The molecule has 0 spiro atoms. The number of rotatable bonds is 4. The zero-order chi connectivity index (χ0) is 18.6. The van der Waals surface area contributed by atoms with E-state index in [0.29, 0.717) is 5.56 Å². The lowest BCUT2D eigenvalue weighted by atomic mass is 9.97. The molecule has 1 saturated heterocycles. The molecule has 4 nitrogen and oxygen atoms in total. The molecule has 1 atom stereocenters. The van der Waals surface area contributed by atoms with Crippen molar-refractivity contribution in [2.75, 3.05) is 11.4 Å². The number of carbonyl (C=O) groups excluding carboxylic acids is 1. The third-order valence-electron chi connectivity index (χ3n) is 5.07. The molecule has 0 aliphatic carbocycles. The van der Waals surface area contributed by atoms with E-state index in [0.717, 1.165) is 41.8 Å². The number of benzene rings is 2. The van der Waals surface area contributed by atoms with Gasteiger partial charge in [-0.15, -0.1) is 0 Å². The second-order valence-electron chi connectivity index (χ2n) is 6.77. The first kappa shape index (κ1) is 17.0. The lowest BCUT2D eigenvalue weighted by Crippen LogP contribution is -2.27. The van der Waals surface area contributed by atoms with Crippen molar-refractivity contribution in [1.29, 1.82) is 5.26 Å². The Morgan fingerprint density at radius 2 is 1.63 bits per heavy atom. The van der Waals surface area contributed by atoms with Gasteiger partial charge in [0.05, 0.1) is 11.6 Å². The second-order valence-corrected chi connectivity index (χ2v) is 6.77. The Morgan fingerprint density at radius 3 is 2.30 bits per heavy atom. The van der Waals surface area contributed by atoms with Crippen molar-refractivity contribution in [3.8, 4) is 17.2 Å². The van der Waals surface area contributed by atoms with E-state index < -0.39 is 0 Å². The Morgan fingerprint density at radius 1 is 0.963 bits per heavy atom. The van der Waals surface area contributed by atoms with Crippen LogP contribution in [0.1, 0.15) is 17.5 Å². The van der Waals surface area contributed by atoms with Gasteiger partial charge in [0.25, 0.3) is 0 Å². The molecule has 1 aliphatic rings. The normalized spacial score (nSPS) is 16.3. The molecule has 4 heteroatoms. The number of anilines is 1. The maximum Gasteiger partial charge on any atom is 0.230 e. The second kappa shape index (κ2) is 7.43. The number of hydrogen-bond donors (Lipinski definition) is 0. The molecule has 1 unspecified atom stereocenters. The van der Waals surface area contributed by atoms with Crippen LogP contribution < -0.4 is 4.90 Å². The summed E-state index contributed by atoms with van der Waals surface area (Å²) in [6.45, 7) is 0.744. The van der Waals surface area contributed by atoms with Gasteiger partial charge in [0.15, 0.2) is 0 Å². The molecule has 1 aliphatic heterocycles. The van der Waals surface area contributed by atoms with Crippen LogP contribution in [0, 0.1) is 17.2 Å². The summed E-state index contributed by atoms with van der Waals surface area (Å²) < 4.78 is 0. The van der Waals surface area contributed by atoms with E-state index >= 15 is 0 Å². The summed E-state index contributed by atoms with van der Waals surface area (Å²) in [5.41, 5.74) is 4.92. The highest BCUT2D eigenvalue weighted by atomic mass is 16.2. The van der Waals surface area contributed by atoms with Gasteiger partial charge < -0.3 is 4.90 Å². The van der Waals surface area contributed by atoms with Crippen LogP contribution >= 0.6 is 0 Å². The van der Waals surface area contributed by atoms with Gasteiger partial charge in [-0.25, -0.2) is 0 Å². The Bertz CT molecular complexity index is 973. The van der Waals surface area contributed by atoms with Crippen molar-refractivity contribution >= 4 is 11.6 Å². The van der Waals surface area contributed by atoms with Crippen LogP contribution in [0.25, 0.3) is 11.1 Å². The Labute approximate surface area is 158 Å². The summed E-state index contributed by atoms with van der Waals surface area (Å²) in [4.78, 5) is 18.8. The third kappa shape index (κ3) is 3.58. The van der Waals surface area contributed by atoms with Crippen molar-refractivity contribution in [1.82, 2.24) is 4.98 Å². The summed E-state index contributed by atoms with van der Waals surface area (Å²) in [7, 11) is 0. The summed E-state index contributed by atoms with van der Waals surface area (Å²) in [6.07, 6.45) is 5.13. The van der Waals surface area contributed by atoms with E-state index in [4.69, 9.17) is 5.26 Å². The minimum Gasteiger partial charge on any atom is -0.312 e.